The third kappa shape index (κ3) is 1.84. The molecule has 9 heavy (non-hydrogen) atoms. The van der Waals surface area contributed by atoms with E-state index in [0.717, 1.165) is 12.8 Å². The Morgan fingerprint density at radius 1 is 1.33 bits per heavy atom. The van der Waals surface area contributed by atoms with Gasteiger partial charge in [-0.25, -0.2) is 0 Å². The zero-order valence-corrected chi connectivity index (χ0v) is 6.27. The first kappa shape index (κ1) is 7.36. The number of aliphatic hydroxyl groups excluding tert-OH is 1. The molecule has 0 radical (unpaired) electrons. The van der Waals surface area contributed by atoms with Crippen molar-refractivity contribution in [2.24, 2.45) is 5.92 Å². The van der Waals surface area contributed by atoms with Crippen LogP contribution in [0.1, 0.15) is 25.7 Å². The van der Waals surface area contributed by atoms with E-state index in [2.05, 4.69) is 0 Å². The van der Waals surface area contributed by atoms with Crippen molar-refractivity contribution in [1.82, 2.24) is 0 Å². The second-order valence-electron chi connectivity index (χ2n) is 2.74. The van der Waals surface area contributed by atoms with Gasteiger partial charge in [0.05, 0.1) is 0 Å². The lowest BCUT2D eigenvalue weighted by Gasteiger charge is -2.24. The Labute approximate surface area is 61.0 Å². The largest absolute Gasteiger partial charge is 0.396 e. The minimum atomic E-state index is 0.240. The Bertz CT molecular complexity index is 85.0. The average molecular weight is 149 g/mol. The summed E-state index contributed by atoms with van der Waals surface area (Å²) >= 11 is 5.92. The highest BCUT2D eigenvalue weighted by Gasteiger charge is 2.21. The third-order valence-corrected chi connectivity index (χ3v) is 2.63. The van der Waals surface area contributed by atoms with Gasteiger partial charge in [0.1, 0.15) is 0 Å². The van der Waals surface area contributed by atoms with Gasteiger partial charge in [-0.2, -0.15) is 0 Å². The van der Waals surface area contributed by atoms with Crippen molar-refractivity contribution in [2.45, 2.75) is 31.1 Å². The molecule has 1 rings (SSSR count). The van der Waals surface area contributed by atoms with Crippen LogP contribution < -0.4 is 0 Å². The third-order valence-electron chi connectivity index (χ3n) is 2.05. The Balaban J connectivity index is 2.30. The molecular weight excluding hydrogens is 136 g/mol. The molecule has 2 heteroatoms. The number of hydrogen-bond acceptors (Lipinski definition) is 1. The maximum atomic E-state index is 8.78. The van der Waals surface area contributed by atoms with E-state index in [0.29, 0.717) is 5.92 Å². The molecule has 1 nitrogen and oxygen atoms in total. The molecule has 1 aliphatic rings. The van der Waals surface area contributed by atoms with Crippen LogP contribution in [-0.4, -0.2) is 17.1 Å². The first-order valence-electron chi connectivity index (χ1n) is 3.59. The molecule has 2 unspecified atom stereocenters. The number of aliphatic hydroxyl groups is 1. The fourth-order valence-electron chi connectivity index (χ4n) is 1.37. The van der Waals surface area contributed by atoms with Gasteiger partial charge in [-0.15, -0.1) is 11.6 Å². The smallest absolute Gasteiger partial charge is 0.0473 e. The molecule has 1 N–H and O–H groups in total. The molecule has 54 valence electrons. The first-order valence-corrected chi connectivity index (χ1v) is 4.03. The lowest BCUT2D eigenvalue weighted by atomic mass is 9.89. The summed E-state index contributed by atoms with van der Waals surface area (Å²) in [5.41, 5.74) is 0. The molecule has 0 aliphatic heterocycles. The molecular formula is C7H13ClO. The van der Waals surface area contributed by atoms with Crippen molar-refractivity contribution in [3.05, 3.63) is 0 Å². The van der Waals surface area contributed by atoms with Gasteiger partial charge in [0.15, 0.2) is 0 Å². The minimum absolute atomic E-state index is 0.240. The number of hydrogen-bond donors (Lipinski definition) is 1. The highest BCUT2D eigenvalue weighted by molar-refractivity contribution is 6.20. The van der Waals surface area contributed by atoms with Gasteiger partial charge >= 0.3 is 0 Å². The van der Waals surface area contributed by atoms with E-state index in [1.54, 1.807) is 0 Å². The second kappa shape index (κ2) is 3.43. The van der Waals surface area contributed by atoms with Gasteiger partial charge in [-0.05, 0) is 18.8 Å². The summed E-state index contributed by atoms with van der Waals surface area (Å²) in [6.45, 7) is 0.272. The summed E-state index contributed by atoms with van der Waals surface area (Å²) < 4.78 is 0. The quantitative estimate of drug-likeness (QED) is 0.562. The van der Waals surface area contributed by atoms with Gasteiger partial charge in [-0.1, -0.05) is 12.8 Å². The van der Waals surface area contributed by atoms with Crippen LogP contribution in [0.3, 0.4) is 0 Å². The zero-order valence-electron chi connectivity index (χ0n) is 5.52. The van der Waals surface area contributed by atoms with Crippen molar-refractivity contribution in [1.29, 1.82) is 0 Å². The lowest BCUT2D eigenvalue weighted by Crippen LogP contribution is -2.22. The van der Waals surface area contributed by atoms with E-state index in [1.807, 2.05) is 0 Å². The van der Waals surface area contributed by atoms with Crippen LogP contribution in [0.5, 0.6) is 0 Å². The van der Waals surface area contributed by atoms with Crippen molar-refractivity contribution < 1.29 is 5.11 Å². The van der Waals surface area contributed by atoms with Gasteiger partial charge in [0, 0.05) is 12.0 Å². The van der Waals surface area contributed by atoms with E-state index in [-0.39, 0.29) is 12.0 Å². The molecule has 0 aromatic rings. The Hall–Kier alpha value is 0.250. The SMILES string of the molecule is OCC1CCCCC1Cl. The molecule has 0 aromatic heterocycles. The summed E-state index contributed by atoms with van der Waals surface area (Å²) in [4.78, 5) is 0. The summed E-state index contributed by atoms with van der Waals surface area (Å²) in [6, 6.07) is 0. The highest BCUT2D eigenvalue weighted by Crippen LogP contribution is 2.27. The molecule has 1 fully saturated rings. The minimum Gasteiger partial charge on any atom is -0.396 e. The van der Waals surface area contributed by atoms with E-state index in [9.17, 15) is 0 Å². The van der Waals surface area contributed by atoms with Crippen LogP contribution in [-0.2, 0) is 0 Å². The standard InChI is InChI=1S/C7H13ClO/c8-7-4-2-1-3-6(7)5-9/h6-7,9H,1-5H2. The van der Waals surface area contributed by atoms with E-state index in [1.165, 1.54) is 12.8 Å². The Morgan fingerprint density at radius 2 is 2.00 bits per heavy atom. The van der Waals surface area contributed by atoms with Gasteiger partial charge < -0.3 is 5.11 Å². The number of halogens is 1. The monoisotopic (exact) mass is 148 g/mol. The summed E-state index contributed by atoms with van der Waals surface area (Å²) in [6.07, 6.45) is 4.69. The van der Waals surface area contributed by atoms with Crippen molar-refractivity contribution >= 4 is 11.6 Å². The molecule has 0 amide bonds. The predicted molar refractivity (Wildman–Crippen MR) is 38.7 cm³/mol. The Kier molecular flexibility index (Phi) is 2.80. The predicted octanol–water partition coefficient (Wildman–Crippen LogP) is 1.78. The maximum absolute atomic E-state index is 8.78. The molecule has 0 saturated heterocycles. The topological polar surface area (TPSA) is 20.2 Å². The first-order chi connectivity index (χ1) is 4.34. The fourth-order valence-corrected chi connectivity index (χ4v) is 1.73. The van der Waals surface area contributed by atoms with Crippen LogP contribution in [0.2, 0.25) is 0 Å². The second-order valence-corrected chi connectivity index (χ2v) is 3.30. The van der Waals surface area contributed by atoms with E-state index >= 15 is 0 Å². The number of alkyl halides is 1. The average Bonchev–Trinajstić information content (AvgIpc) is 1.89. The fraction of sp³-hybridized carbons (Fsp3) is 1.00. The molecule has 0 spiro atoms. The van der Waals surface area contributed by atoms with E-state index < -0.39 is 0 Å². The van der Waals surface area contributed by atoms with Gasteiger partial charge in [-0.3, -0.25) is 0 Å². The van der Waals surface area contributed by atoms with Crippen LogP contribution in [0.15, 0.2) is 0 Å². The van der Waals surface area contributed by atoms with Crippen molar-refractivity contribution in [2.75, 3.05) is 6.61 Å². The molecule has 1 aliphatic carbocycles. The number of rotatable bonds is 1. The molecule has 0 heterocycles. The van der Waals surface area contributed by atoms with Crippen molar-refractivity contribution in [3.63, 3.8) is 0 Å². The molecule has 2 atom stereocenters. The van der Waals surface area contributed by atoms with E-state index in [4.69, 9.17) is 16.7 Å². The maximum Gasteiger partial charge on any atom is 0.0473 e. The highest BCUT2D eigenvalue weighted by atomic mass is 35.5. The molecule has 1 saturated carbocycles. The van der Waals surface area contributed by atoms with Crippen molar-refractivity contribution in [3.8, 4) is 0 Å². The summed E-state index contributed by atoms with van der Waals surface area (Å²) in [5.74, 6) is 0.375. The molecule has 0 aromatic carbocycles. The van der Waals surface area contributed by atoms with Gasteiger partial charge in [0.25, 0.3) is 0 Å². The van der Waals surface area contributed by atoms with Crippen LogP contribution >= 0.6 is 11.6 Å². The van der Waals surface area contributed by atoms with Crippen LogP contribution in [0.4, 0.5) is 0 Å². The van der Waals surface area contributed by atoms with Crippen LogP contribution in [0.25, 0.3) is 0 Å². The normalized spacial score (nSPS) is 36.7. The molecule has 0 bridgehead atoms. The summed E-state index contributed by atoms with van der Waals surface area (Å²) in [7, 11) is 0. The lowest BCUT2D eigenvalue weighted by molar-refractivity contribution is 0.193. The summed E-state index contributed by atoms with van der Waals surface area (Å²) in [5, 5.41) is 9.02. The van der Waals surface area contributed by atoms with Gasteiger partial charge in [0.2, 0.25) is 0 Å². The zero-order chi connectivity index (χ0) is 6.69. The Morgan fingerprint density at radius 3 is 2.44 bits per heavy atom. The van der Waals surface area contributed by atoms with Crippen LogP contribution in [0, 0.1) is 5.92 Å².